The van der Waals surface area contributed by atoms with Crippen LogP contribution in [0.15, 0.2) is 0 Å². The quantitative estimate of drug-likeness (QED) is 0.617. The van der Waals surface area contributed by atoms with Crippen LogP contribution in [0, 0.1) is 5.92 Å². The molecule has 1 saturated heterocycles. The van der Waals surface area contributed by atoms with Crippen molar-refractivity contribution in [1.82, 2.24) is 10.2 Å². The molecule has 1 fully saturated rings. The van der Waals surface area contributed by atoms with E-state index >= 15 is 0 Å². The van der Waals surface area contributed by atoms with Gasteiger partial charge in [0.15, 0.2) is 0 Å². The summed E-state index contributed by atoms with van der Waals surface area (Å²) in [5.41, 5.74) is 0. The van der Waals surface area contributed by atoms with Crippen molar-refractivity contribution in [3.63, 3.8) is 0 Å². The highest BCUT2D eigenvalue weighted by Crippen LogP contribution is 2.11. The van der Waals surface area contributed by atoms with E-state index in [1.54, 1.807) is 0 Å². The molecule has 0 unspecified atom stereocenters. The van der Waals surface area contributed by atoms with Crippen LogP contribution >= 0.6 is 0 Å². The molecule has 1 aliphatic heterocycles. The molecule has 0 aromatic heterocycles. The SMILES string of the molecule is CC(C)CN1CCC(NCCOCCO)CC1. The number of ether oxygens (including phenoxy) is 1. The molecule has 0 spiro atoms. The van der Waals surface area contributed by atoms with Crippen LogP contribution in [0.25, 0.3) is 0 Å². The second-order valence-electron chi connectivity index (χ2n) is 5.26. The molecule has 0 radical (unpaired) electrons. The molecule has 1 rings (SSSR count). The molecule has 0 aliphatic carbocycles. The first-order valence-electron chi connectivity index (χ1n) is 6.86. The first kappa shape index (κ1) is 14.9. The lowest BCUT2D eigenvalue weighted by Crippen LogP contribution is -2.44. The lowest BCUT2D eigenvalue weighted by molar-refractivity contribution is 0.0900. The molecule has 0 aromatic carbocycles. The highest BCUT2D eigenvalue weighted by molar-refractivity contribution is 4.77. The summed E-state index contributed by atoms with van der Waals surface area (Å²) in [5, 5.41) is 12.1. The van der Waals surface area contributed by atoms with E-state index < -0.39 is 0 Å². The molecule has 0 aromatic rings. The predicted molar refractivity (Wildman–Crippen MR) is 70.2 cm³/mol. The van der Waals surface area contributed by atoms with Crippen LogP contribution in [0.3, 0.4) is 0 Å². The maximum atomic E-state index is 8.56. The molecule has 2 N–H and O–H groups in total. The van der Waals surface area contributed by atoms with Crippen molar-refractivity contribution >= 4 is 0 Å². The van der Waals surface area contributed by atoms with Crippen LogP contribution in [0.2, 0.25) is 0 Å². The zero-order valence-corrected chi connectivity index (χ0v) is 11.3. The Bertz CT molecular complexity index is 180. The molecule has 0 bridgehead atoms. The van der Waals surface area contributed by atoms with Gasteiger partial charge in [-0.2, -0.15) is 0 Å². The molecular formula is C13H28N2O2. The molecule has 0 amide bonds. The van der Waals surface area contributed by atoms with Crippen molar-refractivity contribution in [3.8, 4) is 0 Å². The van der Waals surface area contributed by atoms with Gasteiger partial charge in [-0.05, 0) is 31.8 Å². The van der Waals surface area contributed by atoms with Crippen molar-refractivity contribution < 1.29 is 9.84 Å². The monoisotopic (exact) mass is 244 g/mol. The average molecular weight is 244 g/mol. The van der Waals surface area contributed by atoms with E-state index in [-0.39, 0.29) is 6.61 Å². The molecule has 4 heteroatoms. The van der Waals surface area contributed by atoms with Gasteiger partial charge in [0.05, 0.1) is 19.8 Å². The molecule has 102 valence electrons. The molecule has 0 atom stereocenters. The second-order valence-corrected chi connectivity index (χ2v) is 5.26. The molecule has 0 saturated carbocycles. The van der Waals surface area contributed by atoms with Gasteiger partial charge in [0.25, 0.3) is 0 Å². The molecular weight excluding hydrogens is 216 g/mol. The minimum atomic E-state index is 0.119. The van der Waals surface area contributed by atoms with Gasteiger partial charge in [-0.1, -0.05) is 13.8 Å². The summed E-state index contributed by atoms with van der Waals surface area (Å²) in [5.74, 6) is 0.770. The van der Waals surface area contributed by atoms with Crippen molar-refractivity contribution in [3.05, 3.63) is 0 Å². The Balaban J connectivity index is 1.99. The van der Waals surface area contributed by atoms with E-state index in [0.717, 1.165) is 12.5 Å². The van der Waals surface area contributed by atoms with E-state index in [9.17, 15) is 0 Å². The smallest absolute Gasteiger partial charge is 0.0698 e. The standard InChI is InChI=1S/C13H28N2O2/c1-12(2)11-15-6-3-13(4-7-15)14-5-9-17-10-8-16/h12-14,16H,3-11H2,1-2H3. The minimum Gasteiger partial charge on any atom is -0.394 e. The van der Waals surface area contributed by atoms with Gasteiger partial charge in [0.2, 0.25) is 0 Å². The van der Waals surface area contributed by atoms with Crippen LogP contribution in [-0.4, -0.2) is 62.0 Å². The van der Waals surface area contributed by atoms with Gasteiger partial charge in [-0.25, -0.2) is 0 Å². The van der Waals surface area contributed by atoms with Crippen molar-refractivity contribution in [2.45, 2.75) is 32.7 Å². The van der Waals surface area contributed by atoms with E-state index in [0.29, 0.717) is 19.3 Å². The van der Waals surface area contributed by atoms with E-state index in [2.05, 4.69) is 24.1 Å². The van der Waals surface area contributed by atoms with Crippen molar-refractivity contribution in [2.24, 2.45) is 5.92 Å². The maximum Gasteiger partial charge on any atom is 0.0698 e. The van der Waals surface area contributed by atoms with Crippen LogP contribution < -0.4 is 5.32 Å². The summed E-state index contributed by atoms with van der Waals surface area (Å²) in [6, 6.07) is 0.649. The minimum absolute atomic E-state index is 0.119. The van der Waals surface area contributed by atoms with Gasteiger partial charge in [0.1, 0.15) is 0 Å². The first-order valence-corrected chi connectivity index (χ1v) is 6.86. The van der Waals surface area contributed by atoms with Gasteiger partial charge in [-0.15, -0.1) is 0 Å². The second kappa shape index (κ2) is 8.86. The third-order valence-electron chi connectivity index (χ3n) is 3.13. The Kier molecular flexibility index (Phi) is 7.77. The van der Waals surface area contributed by atoms with Gasteiger partial charge in [-0.3, -0.25) is 0 Å². The fraction of sp³-hybridized carbons (Fsp3) is 1.00. The lowest BCUT2D eigenvalue weighted by Gasteiger charge is -2.33. The van der Waals surface area contributed by atoms with Crippen molar-refractivity contribution in [2.75, 3.05) is 46.0 Å². The number of hydrogen-bond donors (Lipinski definition) is 2. The van der Waals surface area contributed by atoms with E-state index in [1.165, 1.54) is 32.5 Å². The van der Waals surface area contributed by atoms with E-state index in [4.69, 9.17) is 9.84 Å². The molecule has 1 heterocycles. The number of likely N-dealkylation sites (tertiary alicyclic amines) is 1. The highest BCUT2D eigenvalue weighted by Gasteiger charge is 2.18. The third kappa shape index (κ3) is 6.99. The Hall–Kier alpha value is -0.160. The zero-order valence-electron chi connectivity index (χ0n) is 11.3. The predicted octanol–water partition coefficient (Wildman–Crippen LogP) is 0.705. The zero-order chi connectivity index (χ0) is 12.5. The summed E-state index contributed by atoms with van der Waals surface area (Å²) >= 11 is 0. The fourth-order valence-corrected chi connectivity index (χ4v) is 2.34. The summed E-state index contributed by atoms with van der Waals surface area (Å²) in [7, 11) is 0. The number of rotatable bonds is 8. The van der Waals surface area contributed by atoms with Crippen LogP contribution in [0.1, 0.15) is 26.7 Å². The summed E-state index contributed by atoms with van der Waals surface area (Å²) in [4.78, 5) is 2.56. The number of hydrogen-bond acceptors (Lipinski definition) is 4. The largest absolute Gasteiger partial charge is 0.394 e. The number of aliphatic hydroxyl groups excluding tert-OH is 1. The summed E-state index contributed by atoms with van der Waals surface area (Å²) in [6.45, 7) is 10.4. The highest BCUT2D eigenvalue weighted by atomic mass is 16.5. The normalized spacial score (nSPS) is 19.1. The van der Waals surface area contributed by atoms with Gasteiger partial charge < -0.3 is 20.1 Å². The van der Waals surface area contributed by atoms with Crippen LogP contribution in [0.4, 0.5) is 0 Å². The first-order chi connectivity index (χ1) is 8.22. The Morgan fingerprint density at radius 3 is 2.59 bits per heavy atom. The Labute approximate surface area is 105 Å². The average Bonchev–Trinajstić information content (AvgIpc) is 2.30. The summed E-state index contributed by atoms with van der Waals surface area (Å²) < 4.78 is 5.22. The topological polar surface area (TPSA) is 44.7 Å². The van der Waals surface area contributed by atoms with Gasteiger partial charge in [0, 0.05) is 19.1 Å². The van der Waals surface area contributed by atoms with Crippen molar-refractivity contribution in [1.29, 1.82) is 0 Å². The lowest BCUT2D eigenvalue weighted by atomic mass is 10.0. The number of piperidine rings is 1. The fourth-order valence-electron chi connectivity index (χ4n) is 2.34. The van der Waals surface area contributed by atoms with Crippen LogP contribution in [-0.2, 0) is 4.74 Å². The molecule has 1 aliphatic rings. The molecule has 17 heavy (non-hydrogen) atoms. The van der Waals surface area contributed by atoms with Crippen LogP contribution in [0.5, 0.6) is 0 Å². The Morgan fingerprint density at radius 1 is 1.29 bits per heavy atom. The number of nitrogens with one attached hydrogen (secondary N) is 1. The third-order valence-corrected chi connectivity index (χ3v) is 3.13. The van der Waals surface area contributed by atoms with E-state index in [1.807, 2.05) is 0 Å². The molecule has 4 nitrogen and oxygen atoms in total. The Morgan fingerprint density at radius 2 is 2.00 bits per heavy atom. The number of nitrogens with zero attached hydrogens (tertiary/aromatic N) is 1. The number of aliphatic hydroxyl groups is 1. The summed E-state index contributed by atoms with van der Waals surface area (Å²) in [6.07, 6.45) is 2.49. The van der Waals surface area contributed by atoms with Gasteiger partial charge >= 0.3 is 0 Å². The maximum absolute atomic E-state index is 8.56.